The van der Waals surface area contributed by atoms with E-state index in [0.29, 0.717) is 24.4 Å². The first-order chi connectivity index (χ1) is 15.2. The lowest BCUT2D eigenvalue weighted by Gasteiger charge is -2.39. The van der Waals surface area contributed by atoms with E-state index in [9.17, 15) is 0 Å². The number of aromatic nitrogens is 1. The quantitative estimate of drug-likeness (QED) is 0.261. The third-order valence-electron chi connectivity index (χ3n) is 6.10. The van der Waals surface area contributed by atoms with Gasteiger partial charge in [0.05, 0.1) is 13.2 Å². The zero-order chi connectivity index (χ0) is 21.5. The Labute approximate surface area is 213 Å². The van der Waals surface area contributed by atoms with Crippen LogP contribution in [0.15, 0.2) is 40.8 Å². The first-order valence-electron chi connectivity index (χ1n) is 11.6. The molecule has 0 bridgehead atoms. The van der Waals surface area contributed by atoms with Gasteiger partial charge in [-0.1, -0.05) is 12.1 Å². The predicted octanol–water partition coefficient (Wildman–Crippen LogP) is 4.69. The normalized spacial score (nSPS) is 21.6. The zero-order valence-corrected chi connectivity index (χ0v) is 22.3. The Morgan fingerprint density at radius 1 is 1.25 bits per heavy atom. The number of nitrogens with zero attached hydrogens (tertiary/aromatic N) is 3. The second kappa shape index (κ2) is 12.7. The predicted molar refractivity (Wildman–Crippen MR) is 143 cm³/mol. The Balaban J connectivity index is 0.00000289. The highest BCUT2D eigenvalue weighted by Crippen LogP contribution is 2.36. The average molecular weight is 570 g/mol. The molecule has 2 aromatic heterocycles. The molecular weight excluding hydrogens is 533 g/mol. The second-order valence-electron chi connectivity index (χ2n) is 8.68. The number of hydrogen-bond acceptors (Lipinski definition) is 5. The number of rotatable bonds is 9. The summed E-state index contributed by atoms with van der Waals surface area (Å²) in [5, 5.41) is 9.17. The second-order valence-corrected chi connectivity index (χ2v) is 9.66. The van der Waals surface area contributed by atoms with Crippen LogP contribution >= 0.6 is 35.3 Å². The summed E-state index contributed by atoms with van der Waals surface area (Å²) in [7, 11) is 2.25. The molecule has 1 aliphatic carbocycles. The molecule has 2 fully saturated rings. The average Bonchev–Trinajstić information content (AvgIpc) is 3.47. The van der Waals surface area contributed by atoms with Crippen LogP contribution in [-0.4, -0.2) is 49.1 Å². The monoisotopic (exact) mass is 569 g/mol. The lowest BCUT2D eigenvalue weighted by atomic mass is 9.88. The Hall–Kier alpha value is -1.39. The van der Waals surface area contributed by atoms with Gasteiger partial charge in [-0.2, -0.15) is 0 Å². The first-order valence-corrected chi connectivity index (χ1v) is 12.4. The standard InChI is InChI=1S/C24H35N5OS.HI/c1-3-25-24(27-15-19-10-11-22(26-14-19)30-17-18-8-9-18)28-16-20-6-4-12-29(2)23(20)21-7-5-13-31-21;/h5,7,10-11,13-14,18,20,23H,3-4,6,8-9,12,15-17H2,1-2H3,(H2,25,27,28);1H. The largest absolute Gasteiger partial charge is 0.477 e. The van der Waals surface area contributed by atoms with Crippen LogP contribution in [0.4, 0.5) is 0 Å². The summed E-state index contributed by atoms with van der Waals surface area (Å²) in [6, 6.07) is 8.93. The van der Waals surface area contributed by atoms with Gasteiger partial charge in [-0.25, -0.2) is 9.98 Å². The summed E-state index contributed by atoms with van der Waals surface area (Å²) < 4.78 is 5.73. The fourth-order valence-corrected chi connectivity index (χ4v) is 5.18. The molecule has 2 aromatic rings. The first kappa shape index (κ1) is 25.2. The third kappa shape index (κ3) is 7.31. The van der Waals surface area contributed by atoms with Gasteiger partial charge in [-0.3, -0.25) is 4.90 Å². The Bertz CT molecular complexity index is 825. The number of piperidine rings is 1. The minimum atomic E-state index is 0. The Morgan fingerprint density at radius 2 is 2.12 bits per heavy atom. The fourth-order valence-electron chi connectivity index (χ4n) is 4.20. The minimum Gasteiger partial charge on any atom is -0.477 e. The molecule has 0 aromatic carbocycles. The van der Waals surface area contributed by atoms with E-state index in [2.05, 4.69) is 58.1 Å². The molecule has 2 aliphatic rings. The van der Waals surface area contributed by atoms with E-state index in [4.69, 9.17) is 9.73 Å². The summed E-state index contributed by atoms with van der Waals surface area (Å²) in [5.41, 5.74) is 1.09. The molecule has 0 radical (unpaired) electrons. The van der Waals surface area contributed by atoms with Gasteiger partial charge in [0.25, 0.3) is 0 Å². The summed E-state index contributed by atoms with van der Waals surface area (Å²) in [6.07, 6.45) is 6.94. The molecule has 0 spiro atoms. The van der Waals surface area contributed by atoms with Crippen molar-refractivity contribution in [1.82, 2.24) is 20.5 Å². The number of likely N-dealkylation sites (tertiary alicyclic amines) is 1. The van der Waals surface area contributed by atoms with Crippen molar-refractivity contribution in [2.24, 2.45) is 16.8 Å². The lowest BCUT2D eigenvalue weighted by Crippen LogP contribution is -2.44. The molecule has 6 nitrogen and oxygen atoms in total. The molecule has 8 heteroatoms. The summed E-state index contributed by atoms with van der Waals surface area (Å²) in [5.74, 6) is 2.90. The molecule has 2 atom stereocenters. The molecule has 1 saturated carbocycles. The summed E-state index contributed by atoms with van der Waals surface area (Å²) >= 11 is 1.87. The van der Waals surface area contributed by atoms with Crippen molar-refractivity contribution in [1.29, 1.82) is 0 Å². The van der Waals surface area contributed by atoms with Crippen LogP contribution in [0.1, 0.15) is 49.1 Å². The van der Waals surface area contributed by atoms with Crippen molar-refractivity contribution in [3.8, 4) is 5.88 Å². The molecule has 1 saturated heterocycles. The zero-order valence-electron chi connectivity index (χ0n) is 19.1. The van der Waals surface area contributed by atoms with Gasteiger partial charge in [-0.05, 0) is 75.0 Å². The van der Waals surface area contributed by atoms with Crippen molar-refractivity contribution < 1.29 is 4.74 Å². The van der Waals surface area contributed by atoms with Crippen molar-refractivity contribution in [3.63, 3.8) is 0 Å². The Kier molecular flexibility index (Phi) is 10.1. The number of hydrogen-bond donors (Lipinski definition) is 2. The number of guanidine groups is 1. The van der Waals surface area contributed by atoms with Crippen molar-refractivity contribution in [2.75, 3.05) is 33.3 Å². The molecular formula is C24H36IN5OS. The van der Waals surface area contributed by atoms with E-state index in [1.807, 2.05) is 23.6 Å². The molecule has 3 heterocycles. The van der Waals surface area contributed by atoms with Gasteiger partial charge < -0.3 is 15.4 Å². The maximum absolute atomic E-state index is 5.73. The number of thiophene rings is 1. The topological polar surface area (TPSA) is 61.8 Å². The van der Waals surface area contributed by atoms with Crippen LogP contribution in [0.25, 0.3) is 0 Å². The molecule has 4 rings (SSSR count). The van der Waals surface area contributed by atoms with Crippen LogP contribution in [0.3, 0.4) is 0 Å². The van der Waals surface area contributed by atoms with Crippen LogP contribution < -0.4 is 15.4 Å². The summed E-state index contributed by atoms with van der Waals surface area (Å²) in [4.78, 5) is 13.2. The van der Waals surface area contributed by atoms with Crippen molar-refractivity contribution >= 4 is 41.3 Å². The smallest absolute Gasteiger partial charge is 0.213 e. The van der Waals surface area contributed by atoms with Gasteiger partial charge in [0.1, 0.15) is 0 Å². The fraction of sp³-hybridized carbons (Fsp3) is 0.583. The SMILES string of the molecule is CCNC(=NCc1ccc(OCC2CC2)nc1)NCC1CCCN(C)C1c1cccs1.I. The molecule has 2 N–H and O–H groups in total. The maximum Gasteiger partial charge on any atom is 0.213 e. The lowest BCUT2D eigenvalue weighted by molar-refractivity contribution is 0.125. The van der Waals surface area contributed by atoms with E-state index >= 15 is 0 Å². The number of aliphatic imine (C=N–C) groups is 1. The van der Waals surface area contributed by atoms with Crippen LogP contribution in [0.2, 0.25) is 0 Å². The number of ether oxygens (including phenoxy) is 1. The highest BCUT2D eigenvalue weighted by Gasteiger charge is 2.31. The third-order valence-corrected chi connectivity index (χ3v) is 7.04. The minimum absolute atomic E-state index is 0. The molecule has 1 aliphatic heterocycles. The number of halogens is 1. The molecule has 0 amide bonds. The number of pyridine rings is 1. The van der Waals surface area contributed by atoms with Gasteiger partial charge in [-0.15, -0.1) is 35.3 Å². The van der Waals surface area contributed by atoms with E-state index in [1.54, 1.807) is 0 Å². The van der Waals surface area contributed by atoms with Crippen LogP contribution in [0, 0.1) is 11.8 Å². The Morgan fingerprint density at radius 3 is 2.81 bits per heavy atom. The molecule has 2 unspecified atom stereocenters. The van der Waals surface area contributed by atoms with Crippen LogP contribution in [0.5, 0.6) is 5.88 Å². The van der Waals surface area contributed by atoms with Crippen molar-refractivity contribution in [3.05, 3.63) is 46.3 Å². The van der Waals surface area contributed by atoms with Crippen molar-refractivity contribution in [2.45, 2.75) is 45.2 Å². The highest BCUT2D eigenvalue weighted by molar-refractivity contribution is 14.0. The van der Waals surface area contributed by atoms with E-state index in [1.165, 1.54) is 37.1 Å². The van der Waals surface area contributed by atoms with E-state index < -0.39 is 0 Å². The molecule has 32 heavy (non-hydrogen) atoms. The van der Waals surface area contributed by atoms with Gasteiger partial charge >= 0.3 is 0 Å². The summed E-state index contributed by atoms with van der Waals surface area (Å²) in [6.45, 7) is 6.43. The van der Waals surface area contributed by atoms with E-state index in [-0.39, 0.29) is 24.0 Å². The maximum atomic E-state index is 5.73. The van der Waals surface area contributed by atoms with Crippen LogP contribution in [-0.2, 0) is 6.54 Å². The van der Waals surface area contributed by atoms with Gasteiger partial charge in [0.2, 0.25) is 5.88 Å². The number of nitrogens with one attached hydrogen (secondary N) is 2. The van der Waals surface area contributed by atoms with E-state index in [0.717, 1.165) is 37.1 Å². The molecule has 176 valence electrons. The van der Waals surface area contributed by atoms with Gasteiger partial charge in [0.15, 0.2) is 5.96 Å². The van der Waals surface area contributed by atoms with Gasteiger partial charge in [0, 0.05) is 36.3 Å². The highest BCUT2D eigenvalue weighted by atomic mass is 127.